The van der Waals surface area contributed by atoms with Crippen molar-refractivity contribution in [2.45, 2.75) is 72.0 Å². The molecule has 0 aliphatic carbocycles. The molecule has 1 aromatic rings. The molecule has 2 unspecified atom stereocenters. The van der Waals surface area contributed by atoms with Crippen LogP contribution in [0.5, 0.6) is 0 Å². The summed E-state index contributed by atoms with van der Waals surface area (Å²) in [5.74, 6) is 0.238. The lowest BCUT2D eigenvalue weighted by Gasteiger charge is -2.38. The van der Waals surface area contributed by atoms with Crippen LogP contribution in [-0.4, -0.2) is 22.9 Å². The zero-order valence-electron chi connectivity index (χ0n) is 13.9. The van der Waals surface area contributed by atoms with Gasteiger partial charge in [0.25, 0.3) is 0 Å². The molecule has 2 atom stereocenters. The lowest BCUT2D eigenvalue weighted by molar-refractivity contribution is -0.135. The van der Waals surface area contributed by atoms with Crippen LogP contribution in [0.2, 0.25) is 0 Å². The number of rotatable bonds is 2. The maximum absolute atomic E-state index is 12.5. The number of carbonyl (C=O) groups is 1. The van der Waals surface area contributed by atoms with Crippen molar-refractivity contribution >= 4 is 5.91 Å². The van der Waals surface area contributed by atoms with Crippen LogP contribution < -0.4 is 5.73 Å². The van der Waals surface area contributed by atoms with Gasteiger partial charge in [0.05, 0.1) is 6.04 Å². The number of hydrogen-bond donors (Lipinski definition) is 1. The maximum atomic E-state index is 12.5. The van der Waals surface area contributed by atoms with E-state index in [1.165, 1.54) is 22.3 Å². The second-order valence-electron chi connectivity index (χ2n) is 6.71. The number of carbonyl (C=O) groups excluding carboxylic acids is 1. The average molecular weight is 288 g/mol. The van der Waals surface area contributed by atoms with Crippen molar-refractivity contribution in [3.63, 3.8) is 0 Å². The summed E-state index contributed by atoms with van der Waals surface area (Å²) in [6.45, 7) is 10.6. The van der Waals surface area contributed by atoms with E-state index >= 15 is 0 Å². The molecule has 1 aliphatic rings. The largest absolute Gasteiger partial charge is 0.332 e. The fourth-order valence-corrected chi connectivity index (χ4v) is 3.76. The van der Waals surface area contributed by atoms with Crippen LogP contribution in [-0.2, 0) is 4.79 Å². The number of benzene rings is 1. The summed E-state index contributed by atoms with van der Waals surface area (Å²) in [6.07, 6.45) is 2.42. The summed E-state index contributed by atoms with van der Waals surface area (Å²) < 4.78 is 0. The van der Waals surface area contributed by atoms with E-state index in [9.17, 15) is 4.79 Å². The van der Waals surface area contributed by atoms with Crippen molar-refractivity contribution in [3.8, 4) is 0 Å². The van der Waals surface area contributed by atoms with Gasteiger partial charge in [0.2, 0.25) is 5.91 Å². The summed E-state index contributed by atoms with van der Waals surface area (Å²) in [4.78, 5) is 14.6. The van der Waals surface area contributed by atoms with Gasteiger partial charge in [-0.1, -0.05) is 17.7 Å². The number of aryl methyl sites for hydroxylation is 3. The number of amides is 1. The molecule has 1 amide bonds. The lowest BCUT2D eigenvalue weighted by Crippen LogP contribution is -2.46. The van der Waals surface area contributed by atoms with Crippen LogP contribution in [0.4, 0.5) is 0 Å². The molecule has 0 bridgehead atoms. The number of nitrogens with two attached hydrogens (primary N) is 1. The molecule has 3 heteroatoms. The molecule has 2 rings (SSSR count). The van der Waals surface area contributed by atoms with Crippen LogP contribution in [0.25, 0.3) is 0 Å². The molecule has 1 aromatic carbocycles. The first-order chi connectivity index (χ1) is 9.82. The second kappa shape index (κ2) is 6.18. The van der Waals surface area contributed by atoms with Crippen LogP contribution >= 0.6 is 0 Å². The standard InChI is InChI=1S/C18H28N2O/c1-11(2)20-16(21)8-6-7-15(19)18(20)17-13(4)9-12(3)10-14(17)5/h9-11,15,18H,6-8,19H2,1-5H3. The minimum absolute atomic E-state index is 0.000556. The van der Waals surface area contributed by atoms with Crippen molar-refractivity contribution < 1.29 is 4.79 Å². The third kappa shape index (κ3) is 3.13. The average Bonchev–Trinajstić information content (AvgIpc) is 2.48. The van der Waals surface area contributed by atoms with Crippen LogP contribution in [0.1, 0.15) is 61.4 Å². The normalized spacial score (nSPS) is 23.6. The van der Waals surface area contributed by atoms with E-state index < -0.39 is 0 Å². The molecule has 3 nitrogen and oxygen atoms in total. The number of hydrogen-bond acceptors (Lipinski definition) is 2. The van der Waals surface area contributed by atoms with Crippen LogP contribution in [0.15, 0.2) is 12.1 Å². The third-order valence-corrected chi connectivity index (χ3v) is 4.51. The molecule has 1 fully saturated rings. The molecule has 1 heterocycles. The van der Waals surface area contributed by atoms with Gasteiger partial charge in [-0.3, -0.25) is 4.79 Å². The predicted molar refractivity (Wildman–Crippen MR) is 87.2 cm³/mol. The zero-order valence-corrected chi connectivity index (χ0v) is 13.9. The molecular weight excluding hydrogens is 260 g/mol. The first kappa shape index (κ1) is 16.0. The third-order valence-electron chi connectivity index (χ3n) is 4.51. The Bertz CT molecular complexity index is 513. The monoisotopic (exact) mass is 288 g/mol. The summed E-state index contributed by atoms with van der Waals surface area (Å²) in [6, 6.07) is 4.58. The van der Waals surface area contributed by atoms with Crippen LogP contribution in [0, 0.1) is 20.8 Å². The Balaban J connectivity index is 2.57. The molecule has 0 saturated carbocycles. The Morgan fingerprint density at radius 3 is 2.29 bits per heavy atom. The molecule has 2 N–H and O–H groups in total. The molecule has 116 valence electrons. The Hall–Kier alpha value is -1.35. The number of nitrogens with zero attached hydrogens (tertiary/aromatic N) is 1. The quantitative estimate of drug-likeness (QED) is 0.906. The molecule has 1 saturated heterocycles. The highest BCUT2D eigenvalue weighted by Crippen LogP contribution is 2.35. The molecule has 1 aliphatic heterocycles. The lowest BCUT2D eigenvalue weighted by atomic mass is 9.88. The molecular formula is C18H28N2O. The van der Waals surface area contributed by atoms with Gasteiger partial charge in [-0.05, 0) is 64.2 Å². The first-order valence-corrected chi connectivity index (χ1v) is 7.97. The van der Waals surface area contributed by atoms with E-state index in [0.29, 0.717) is 6.42 Å². The predicted octanol–water partition coefficient (Wildman–Crippen LogP) is 3.40. The van der Waals surface area contributed by atoms with Crippen molar-refractivity contribution in [3.05, 3.63) is 34.4 Å². The van der Waals surface area contributed by atoms with Crippen molar-refractivity contribution in [1.82, 2.24) is 4.90 Å². The summed E-state index contributed by atoms with van der Waals surface area (Å²) in [5, 5.41) is 0. The van der Waals surface area contributed by atoms with Crippen molar-refractivity contribution in [2.75, 3.05) is 0 Å². The van der Waals surface area contributed by atoms with E-state index in [2.05, 4.69) is 46.8 Å². The molecule has 21 heavy (non-hydrogen) atoms. The van der Waals surface area contributed by atoms with Gasteiger partial charge < -0.3 is 10.6 Å². The summed E-state index contributed by atoms with van der Waals surface area (Å²) >= 11 is 0. The zero-order chi connectivity index (χ0) is 15.7. The highest BCUT2D eigenvalue weighted by molar-refractivity contribution is 5.77. The fourth-order valence-electron chi connectivity index (χ4n) is 3.76. The smallest absolute Gasteiger partial charge is 0.223 e. The Kier molecular flexibility index (Phi) is 4.72. The van der Waals surface area contributed by atoms with Crippen molar-refractivity contribution in [1.29, 1.82) is 0 Å². The topological polar surface area (TPSA) is 46.3 Å². The molecule has 0 aromatic heterocycles. The maximum Gasteiger partial charge on any atom is 0.223 e. The van der Waals surface area contributed by atoms with Crippen LogP contribution in [0.3, 0.4) is 0 Å². The van der Waals surface area contributed by atoms with Gasteiger partial charge in [0.15, 0.2) is 0 Å². The Labute approximate surface area is 128 Å². The highest BCUT2D eigenvalue weighted by Gasteiger charge is 2.35. The van der Waals surface area contributed by atoms with Gasteiger partial charge in [-0.15, -0.1) is 0 Å². The highest BCUT2D eigenvalue weighted by atomic mass is 16.2. The van der Waals surface area contributed by atoms with Gasteiger partial charge in [-0.2, -0.15) is 0 Å². The molecule has 0 radical (unpaired) electrons. The summed E-state index contributed by atoms with van der Waals surface area (Å²) in [7, 11) is 0. The SMILES string of the molecule is Cc1cc(C)c(C2C(N)CCCC(=O)N2C(C)C)c(C)c1. The Morgan fingerprint density at radius 1 is 1.19 bits per heavy atom. The fraction of sp³-hybridized carbons (Fsp3) is 0.611. The number of likely N-dealkylation sites (tertiary alicyclic amines) is 1. The van der Waals surface area contributed by atoms with Gasteiger partial charge >= 0.3 is 0 Å². The van der Waals surface area contributed by atoms with Gasteiger partial charge in [-0.25, -0.2) is 0 Å². The minimum Gasteiger partial charge on any atom is -0.332 e. The first-order valence-electron chi connectivity index (χ1n) is 7.97. The van der Waals surface area contributed by atoms with E-state index in [1.54, 1.807) is 0 Å². The summed E-state index contributed by atoms with van der Waals surface area (Å²) in [5.41, 5.74) is 11.5. The molecule has 0 spiro atoms. The van der Waals surface area contributed by atoms with E-state index in [0.717, 1.165) is 12.8 Å². The van der Waals surface area contributed by atoms with Crippen molar-refractivity contribution in [2.24, 2.45) is 5.73 Å². The van der Waals surface area contributed by atoms with E-state index in [-0.39, 0.29) is 24.0 Å². The van der Waals surface area contributed by atoms with Gasteiger partial charge in [0, 0.05) is 18.5 Å². The minimum atomic E-state index is 0.000556. The van der Waals surface area contributed by atoms with E-state index in [4.69, 9.17) is 5.73 Å². The second-order valence-corrected chi connectivity index (χ2v) is 6.71. The Morgan fingerprint density at radius 2 is 1.76 bits per heavy atom. The van der Waals surface area contributed by atoms with E-state index in [1.807, 2.05) is 4.90 Å². The van der Waals surface area contributed by atoms with Gasteiger partial charge in [0.1, 0.15) is 0 Å².